The van der Waals surface area contributed by atoms with E-state index in [2.05, 4.69) is 0 Å². The molecule has 2 nitrogen and oxygen atoms in total. The van der Waals surface area contributed by atoms with Gasteiger partial charge in [0.05, 0.1) is 32.0 Å². The molecule has 0 radical (unpaired) electrons. The zero-order chi connectivity index (χ0) is 13.7. The Kier molecular flexibility index (Phi) is 2.63. The molecule has 0 saturated carbocycles. The molecule has 0 aromatic heterocycles. The number of nitrogens with zero attached hydrogens (tertiary/aromatic N) is 1. The zero-order valence-electron chi connectivity index (χ0n) is 9.78. The second kappa shape index (κ2) is 4.09. The number of fused-ring (bicyclic) bond motifs is 2. The molecule has 0 amide bonds. The SMILES string of the molecule is CN1c2cc(F)ccc2S(=O)c2cc(F)c(F)cc21. The van der Waals surface area contributed by atoms with Gasteiger partial charge in [-0.3, -0.25) is 0 Å². The lowest BCUT2D eigenvalue weighted by Crippen LogP contribution is -2.20. The first-order chi connectivity index (χ1) is 8.99. The van der Waals surface area contributed by atoms with Crippen molar-refractivity contribution >= 4 is 22.2 Å². The van der Waals surface area contributed by atoms with Crippen molar-refractivity contribution in [2.75, 3.05) is 11.9 Å². The Morgan fingerprint density at radius 2 is 1.58 bits per heavy atom. The van der Waals surface area contributed by atoms with Gasteiger partial charge in [0.15, 0.2) is 11.6 Å². The highest BCUT2D eigenvalue weighted by molar-refractivity contribution is 7.85. The first kappa shape index (κ1) is 12.2. The first-order valence-corrected chi connectivity index (χ1v) is 6.58. The molecule has 1 aliphatic rings. The third-order valence-corrected chi connectivity index (χ3v) is 4.52. The summed E-state index contributed by atoms with van der Waals surface area (Å²) in [6.07, 6.45) is 0. The molecule has 1 aliphatic heterocycles. The van der Waals surface area contributed by atoms with E-state index in [-0.39, 0.29) is 10.6 Å². The third kappa shape index (κ3) is 1.74. The molecular formula is C13H8F3NOS. The molecule has 6 heteroatoms. The summed E-state index contributed by atoms with van der Waals surface area (Å²) in [5.74, 6) is -2.55. The standard InChI is InChI=1S/C13H8F3NOS/c1-17-10-4-7(14)2-3-12(10)19(18)13-6-9(16)8(15)5-11(13)17/h2-6H,1H3. The van der Waals surface area contributed by atoms with E-state index in [1.165, 1.54) is 23.1 Å². The van der Waals surface area contributed by atoms with Crippen LogP contribution in [0.25, 0.3) is 0 Å². The van der Waals surface area contributed by atoms with E-state index >= 15 is 0 Å². The largest absolute Gasteiger partial charge is 0.342 e. The maximum atomic E-state index is 13.3. The number of hydrogen-bond donors (Lipinski definition) is 0. The van der Waals surface area contributed by atoms with Crippen LogP contribution in [-0.4, -0.2) is 11.3 Å². The fourth-order valence-corrected chi connectivity index (χ4v) is 3.50. The van der Waals surface area contributed by atoms with Crippen LogP contribution in [-0.2, 0) is 10.8 Å². The number of benzene rings is 2. The van der Waals surface area contributed by atoms with Gasteiger partial charge in [0.2, 0.25) is 0 Å². The monoisotopic (exact) mass is 283 g/mol. The van der Waals surface area contributed by atoms with Gasteiger partial charge >= 0.3 is 0 Å². The Morgan fingerprint density at radius 1 is 0.947 bits per heavy atom. The van der Waals surface area contributed by atoms with Gasteiger partial charge in [-0.25, -0.2) is 17.4 Å². The highest BCUT2D eigenvalue weighted by atomic mass is 32.2. The molecule has 1 unspecified atom stereocenters. The van der Waals surface area contributed by atoms with Gasteiger partial charge in [0.25, 0.3) is 0 Å². The highest BCUT2D eigenvalue weighted by Crippen LogP contribution is 2.41. The van der Waals surface area contributed by atoms with Crippen LogP contribution in [0.4, 0.5) is 24.5 Å². The summed E-state index contributed by atoms with van der Waals surface area (Å²) in [6, 6.07) is 5.69. The van der Waals surface area contributed by atoms with Crippen molar-refractivity contribution in [2.45, 2.75) is 9.79 Å². The van der Waals surface area contributed by atoms with E-state index in [1.54, 1.807) is 7.05 Å². The summed E-state index contributed by atoms with van der Waals surface area (Å²) in [5.41, 5.74) is 0.659. The van der Waals surface area contributed by atoms with Gasteiger partial charge in [0.1, 0.15) is 5.82 Å². The molecule has 98 valence electrons. The van der Waals surface area contributed by atoms with Gasteiger partial charge in [-0.05, 0) is 24.3 Å². The molecule has 0 spiro atoms. The number of halogens is 3. The van der Waals surface area contributed by atoms with Crippen LogP contribution in [0.1, 0.15) is 0 Å². The van der Waals surface area contributed by atoms with Crippen molar-refractivity contribution in [3.8, 4) is 0 Å². The third-order valence-electron chi connectivity index (χ3n) is 3.05. The van der Waals surface area contributed by atoms with Gasteiger partial charge in [-0.2, -0.15) is 0 Å². The van der Waals surface area contributed by atoms with Gasteiger partial charge < -0.3 is 4.90 Å². The van der Waals surface area contributed by atoms with Crippen LogP contribution in [0.3, 0.4) is 0 Å². The maximum Gasteiger partial charge on any atom is 0.160 e. The van der Waals surface area contributed by atoms with Crippen LogP contribution in [0.15, 0.2) is 40.1 Å². The van der Waals surface area contributed by atoms with Crippen LogP contribution in [0, 0.1) is 17.5 Å². The second-order valence-corrected chi connectivity index (χ2v) is 5.59. The summed E-state index contributed by atoms with van der Waals surface area (Å²) in [6.45, 7) is 0. The lowest BCUT2D eigenvalue weighted by molar-refractivity contribution is 0.505. The molecule has 1 heterocycles. The summed E-state index contributed by atoms with van der Waals surface area (Å²) in [5, 5.41) is 0. The highest BCUT2D eigenvalue weighted by Gasteiger charge is 2.28. The molecular weight excluding hydrogens is 275 g/mol. The minimum absolute atomic E-state index is 0.181. The topological polar surface area (TPSA) is 20.3 Å². The molecule has 2 aromatic rings. The first-order valence-electron chi connectivity index (χ1n) is 5.43. The lowest BCUT2D eigenvalue weighted by atomic mass is 10.2. The van der Waals surface area contributed by atoms with Crippen molar-refractivity contribution in [2.24, 2.45) is 0 Å². The van der Waals surface area contributed by atoms with E-state index < -0.39 is 28.3 Å². The van der Waals surface area contributed by atoms with Crippen LogP contribution in [0.5, 0.6) is 0 Å². The van der Waals surface area contributed by atoms with E-state index in [4.69, 9.17) is 0 Å². The molecule has 0 saturated heterocycles. The molecule has 3 rings (SSSR count). The van der Waals surface area contributed by atoms with Crippen LogP contribution in [0.2, 0.25) is 0 Å². The van der Waals surface area contributed by atoms with E-state index in [9.17, 15) is 17.4 Å². The number of rotatable bonds is 0. The van der Waals surface area contributed by atoms with Crippen molar-refractivity contribution < 1.29 is 17.4 Å². The van der Waals surface area contributed by atoms with Crippen molar-refractivity contribution in [1.29, 1.82) is 0 Å². The Labute approximate surface area is 109 Å². The van der Waals surface area contributed by atoms with Crippen molar-refractivity contribution in [3.63, 3.8) is 0 Å². The quantitative estimate of drug-likeness (QED) is 0.739. The van der Waals surface area contributed by atoms with Crippen molar-refractivity contribution in [1.82, 2.24) is 0 Å². The predicted molar refractivity (Wildman–Crippen MR) is 65.5 cm³/mol. The molecule has 0 bridgehead atoms. The molecule has 0 fully saturated rings. The summed E-state index contributed by atoms with van der Waals surface area (Å²) < 4.78 is 52.1. The van der Waals surface area contributed by atoms with Crippen molar-refractivity contribution in [3.05, 3.63) is 47.8 Å². The van der Waals surface area contributed by atoms with Crippen LogP contribution < -0.4 is 4.90 Å². The summed E-state index contributed by atoms with van der Waals surface area (Å²) >= 11 is 0. The molecule has 2 aromatic carbocycles. The minimum Gasteiger partial charge on any atom is -0.342 e. The Hall–Kier alpha value is -1.82. The average molecular weight is 283 g/mol. The van der Waals surface area contributed by atoms with Gasteiger partial charge in [-0.1, -0.05) is 0 Å². The predicted octanol–water partition coefficient (Wildman–Crippen LogP) is 3.35. The normalized spacial score (nSPS) is 17.1. The fourth-order valence-electron chi connectivity index (χ4n) is 2.09. The van der Waals surface area contributed by atoms with E-state index in [1.807, 2.05) is 0 Å². The Bertz CT molecular complexity index is 717. The Balaban J connectivity index is 2.29. The second-order valence-electron chi connectivity index (χ2n) is 4.17. The smallest absolute Gasteiger partial charge is 0.160 e. The zero-order valence-corrected chi connectivity index (χ0v) is 10.6. The van der Waals surface area contributed by atoms with Gasteiger partial charge in [0, 0.05) is 13.1 Å². The fraction of sp³-hybridized carbons (Fsp3) is 0.0769. The molecule has 0 aliphatic carbocycles. The summed E-state index contributed by atoms with van der Waals surface area (Å²) in [7, 11) is -0.0645. The number of anilines is 2. The molecule has 1 atom stereocenters. The maximum absolute atomic E-state index is 13.3. The molecule has 19 heavy (non-hydrogen) atoms. The van der Waals surface area contributed by atoms with Gasteiger partial charge in [-0.15, -0.1) is 0 Å². The average Bonchev–Trinajstić information content (AvgIpc) is 2.38. The summed E-state index contributed by atoms with van der Waals surface area (Å²) in [4.78, 5) is 2.06. The molecule has 0 N–H and O–H groups in total. The van der Waals surface area contributed by atoms with E-state index in [0.717, 1.165) is 12.1 Å². The minimum atomic E-state index is -1.65. The number of hydrogen-bond acceptors (Lipinski definition) is 2. The van der Waals surface area contributed by atoms with E-state index in [0.29, 0.717) is 10.6 Å². The Morgan fingerprint density at radius 3 is 2.32 bits per heavy atom. The lowest BCUT2D eigenvalue weighted by Gasteiger charge is -2.29. The van der Waals surface area contributed by atoms with Crippen LogP contribution >= 0.6 is 0 Å².